The molecule has 0 fully saturated rings. The van der Waals surface area contributed by atoms with Crippen molar-refractivity contribution < 1.29 is 0 Å². The van der Waals surface area contributed by atoms with Crippen molar-refractivity contribution in [2.45, 2.75) is 26.8 Å². The van der Waals surface area contributed by atoms with Gasteiger partial charge in [-0.25, -0.2) is 0 Å². The molecular weight excluding hydrogens is 353 g/mol. The molecule has 0 bridgehead atoms. The average molecular weight is 368 g/mol. The summed E-state index contributed by atoms with van der Waals surface area (Å²) < 4.78 is 2.34. The lowest BCUT2D eigenvalue weighted by molar-refractivity contribution is 0.327. The van der Waals surface area contributed by atoms with Gasteiger partial charge in [-0.2, -0.15) is 0 Å². The molecule has 2 N–H and O–H groups in total. The monoisotopic (exact) mass is 367 g/mol. The standard InChI is InChI=1S/C11H15BrIN/c1-11(2,3)10(14)7-4-5-8(12)9(13)6-7/h4-6,10H,14H2,1-3H3. The van der Waals surface area contributed by atoms with Gasteiger partial charge in [-0.3, -0.25) is 0 Å². The van der Waals surface area contributed by atoms with E-state index in [2.05, 4.69) is 77.5 Å². The lowest BCUT2D eigenvalue weighted by atomic mass is 9.83. The fourth-order valence-electron chi connectivity index (χ4n) is 1.21. The average Bonchev–Trinajstić information content (AvgIpc) is 2.07. The topological polar surface area (TPSA) is 26.0 Å². The van der Waals surface area contributed by atoms with E-state index in [0.717, 1.165) is 4.47 Å². The highest BCUT2D eigenvalue weighted by molar-refractivity contribution is 14.1. The van der Waals surface area contributed by atoms with Gasteiger partial charge in [0.25, 0.3) is 0 Å². The molecule has 0 spiro atoms. The molecule has 14 heavy (non-hydrogen) atoms. The van der Waals surface area contributed by atoms with Gasteiger partial charge in [0.1, 0.15) is 0 Å². The van der Waals surface area contributed by atoms with Crippen molar-refractivity contribution in [3.63, 3.8) is 0 Å². The van der Waals surface area contributed by atoms with Gasteiger partial charge in [-0.1, -0.05) is 26.8 Å². The van der Waals surface area contributed by atoms with Gasteiger partial charge in [0.05, 0.1) is 0 Å². The van der Waals surface area contributed by atoms with Crippen LogP contribution in [0, 0.1) is 8.99 Å². The Balaban J connectivity index is 3.03. The van der Waals surface area contributed by atoms with Crippen LogP contribution in [-0.4, -0.2) is 0 Å². The largest absolute Gasteiger partial charge is 0.324 e. The second-order valence-corrected chi connectivity index (χ2v) is 6.53. The second-order valence-electron chi connectivity index (χ2n) is 4.52. The molecule has 0 aliphatic rings. The van der Waals surface area contributed by atoms with Crippen molar-refractivity contribution >= 4 is 38.5 Å². The maximum absolute atomic E-state index is 6.17. The maximum atomic E-state index is 6.17. The third kappa shape index (κ3) is 2.94. The van der Waals surface area contributed by atoms with Crippen molar-refractivity contribution in [1.29, 1.82) is 0 Å². The first kappa shape index (κ1) is 12.5. The molecule has 0 aromatic heterocycles. The van der Waals surface area contributed by atoms with E-state index in [1.165, 1.54) is 9.13 Å². The molecule has 1 unspecified atom stereocenters. The first-order chi connectivity index (χ1) is 6.32. The summed E-state index contributed by atoms with van der Waals surface area (Å²) in [6.07, 6.45) is 0. The minimum Gasteiger partial charge on any atom is -0.324 e. The second kappa shape index (κ2) is 4.49. The Morgan fingerprint density at radius 3 is 2.36 bits per heavy atom. The van der Waals surface area contributed by atoms with E-state index in [4.69, 9.17) is 5.73 Å². The van der Waals surface area contributed by atoms with Crippen LogP contribution in [0.5, 0.6) is 0 Å². The predicted octanol–water partition coefficient (Wildman–Crippen LogP) is 4.10. The first-order valence-electron chi connectivity index (χ1n) is 4.53. The summed E-state index contributed by atoms with van der Waals surface area (Å²) in [6.45, 7) is 6.48. The molecule has 3 heteroatoms. The highest BCUT2D eigenvalue weighted by atomic mass is 127. The number of nitrogens with two attached hydrogens (primary N) is 1. The minimum absolute atomic E-state index is 0.0871. The van der Waals surface area contributed by atoms with E-state index in [0.29, 0.717) is 0 Å². The highest BCUT2D eigenvalue weighted by Crippen LogP contribution is 2.32. The molecule has 78 valence electrons. The number of benzene rings is 1. The van der Waals surface area contributed by atoms with Gasteiger partial charge >= 0.3 is 0 Å². The molecule has 0 aliphatic carbocycles. The minimum atomic E-state index is 0.0871. The first-order valence-corrected chi connectivity index (χ1v) is 6.40. The third-order valence-corrected chi connectivity index (χ3v) is 4.56. The molecule has 0 amide bonds. The van der Waals surface area contributed by atoms with Gasteiger partial charge in [0, 0.05) is 14.1 Å². The predicted molar refractivity (Wildman–Crippen MR) is 73.2 cm³/mol. The summed E-state index contributed by atoms with van der Waals surface area (Å²) in [6, 6.07) is 6.37. The smallest absolute Gasteiger partial charge is 0.0344 e. The van der Waals surface area contributed by atoms with E-state index < -0.39 is 0 Å². The Hall–Kier alpha value is 0.390. The Morgan fingerprint density at radius 1 is 1.36 bits per heavy atom. The van der Waals surface area contributed by atoms with Crippen LogP contribution in [0.25, 0.3) is 0 Å². The summed E-state index contributed by atoms with van der Waals surface area (Å²) >= 11 is 5.79. The number of hydrogen-bond donors (Lipinski definition) is 1. The Morgan fingerprint density at radius 2 is 1.93 bits per heavy atom. The number of hydrogen-bond acceptors (Lipinski definition) is 1. The van der Waals surface area contributed by atoms with Gasteiger partial charge < -0.3 is 5.73 Å². The number of halogens is 2. The molecule has 1 aromatic carbocycles. The maximum Gasteiger partial charge on any atom is 0.0344 e. The lowest BCUT2D eigenvalue weighted by Crippen LogP contribution is -2.26. The zero-order chi connectivity index (χ0) is 10.9. The summed E-state index contributed by atoms with van der Waals surface area (Å²) in [5.41, 5.74) is 7.48. The molecule has 1 atom stereocenters. The summed E-state index contributed by atoms with van der Waals surface area (Å²) in [5.74, 6) is 0. The van der Waals surface area contributed by atoms with Crippen LogP contribution < -0.4 is 5.73 Å². The van der Waals surface area contributed by atoms with Crippen LogP contribution in [0.4, 0.5) is 0 Å². The van der Waals surface area contributed by atoms with E-state index >= 15 is 0 Å². The molecule has 1 aromatic rings. The highest BCUT2D eigenvalue weighted by Gasteiger charge is 2.22. The third-order valence-electron chi connectivity index (χ3n) is 2.24. The molecule has 0 heterocycles. The van der Waals surface area contributed by atoms with Crippen LogP contribution in [0.15, 0.2) is 22.7 Å². The molecule has 0 radical (unpaired) electrons. The Bertz CT molecular complexity index is 331. The van der Waals surface area contributed by atoms with Crippen LogP contribution in [-0.2, 0) is 0 Å². The van der Waals surface area contributed by atoms with Crippen molar-refractivity contribution in [2.24, 2.45) is 11.1 Å². The SMILES string of the molecule is CC(C)(C)C(N)c1ccc(Br)c(I)c1. The van der Waals surface area contributed by atoms with Gasteiger partial charge in [-0.15, -0.1) is 0 Å². The van der Waals surface area contributed by atoms with Crippen molar-refractivity contribution in [1.82, 2.24) is 0 Å². The van der Waals surface area contributed by atoms with E-state index in [-0.39, 0.29) is 11.5 Å². The summed E-state index contributed by atoms with van der Waals surface area (Å²) in [7, 11) is 0. The van der Waals surface area contributed by atoms with Crippen LogP contribution in [0.1, 0.15) is 32.4 Å². The Kier molecular flexibility index (Phi) is 4.00. The zero-order valence-electron chi connectivity index (χ0n) is 8.64. The van der Waals surface area contributed by atoms with E-state index in [1.54, 1.807) is 0 Å². The van der Waals surface area contributed by atoms with Crippen LogP contribution in [0.2, 0.25) is 0 Å². The van der Waals surface area contributed by atoms with Crippen LogP contribution >= 0.6 is 38.5 Å². The molecule has 0 aliphatic heterocycles. The quantitative estimate of drug-likeness (QED) is 0.743. The van der Waals surface area contributed by atoms with E-state index in [1.807, 2.05) is 0 Å². The normalized spacial score (nSPS) is 14.1. The molecular formula is C11H15BrIN. The summed E-state index contributed by atoms with van der Waals surface area (Å²) in [4.78, 5) is 0. The fraction of sp³-hybridized carbons (Fsp3) is 0.455. The Labute approximate surface area is 108 Å². The van der Waals surface area contributed by atoms with Crippen molar-refractivity contribution in [2.75, 3.05) is 0 Å². The molecule has 0 saturated carbocycles. The molecule has 1 rings (SSSR count). The fourth-order valence-corrected chi connectivity index (χ4v) is 1.99. The van der Waals surface area contributed by atoms with Gasteiger partial charge in [-0.05, 0) is 61.6 Å². The van der Waals surface area contributed by atoms with Gasteiger partial charge in [0.2, 0.25) is 0 Å². The lowest BCUT2D eigenvalue weighted by Gasteiger charge is -2.27. The zero-order valence-corrected chi connectivity index (χ0v) is 12.4. The summed E-state index contributed by atoms with van der Waals surface area (Å²) in [5, 5.41) is 0. The molecule has 0 saturated heterocycles. The van der Waals surface area contributed by atoms with Crippen LogP contribution in [0.3, 0.4) is 0 Å². The van der Waals surface area contributed by atoms with Gasteiger partial charge in [0.15, 0.2) is 0 Å². The van der Waals surface area contributed by atoms with Crippen molar-refractivity contribution in [3.8, 4) is 0 Å². The molecule has 1 nitrogen and oxygen atoms in total. The van der Waals surface area contributed by atoms with Crippen molar-refractivity contribution in [3.05, 3.63) is 31.8 Å². The number of rotatable bonds is 1. The van der Waals surface area contributed by atoms with E-state index in [9.17, 15) is 0 Å².